The SMILES string of the molecule is COc1ccc(CN2C(=O)C3=C(C(=O)C4CCCCC4O3)C2c2ccc(OC)cc2)cc1. The number of hydrogen-bond acceptors (Lipinski definition) is 5. The van der Waals surface area contributed by atoms with Gasteiger partial charge in [0.05, 0.1) is 31.8 Å². The summed E-state index contributed by atoms with van der Waals surface area (Å²) >= 11 is 0. The van der Waals surface area contributed by atoms with E-state index in [4.69, 9.17) is 14.2 Å². The number of amides is 1. The second-order valence-electron chi connectivity index (χ2n) is 8.61. The van der Waals surface area contributed by atoms with Gasteiger partial charge in [-0.1, -0.05) is 30.7 Å². The minimum atomic E-state index is -0.471. The van der Waals surface area contributed by atoms with Crippen molar-refractivity contribution in [2.24, 2.45) is 5.92 Å². The maximum atomic E-state index is 13.6. The summed E-state index contributed by atoms with van der Waals surface area (Å²) in [5.41, 5.74) is 2.35. The van der Waals surface area contributed by atoms with Crippen LogP contribution in [0.1, 0.15) is 42.9 Å². The van der Waals surface area contributed by atoms with Gasteiger partial charge in [-0.15, -0.1) is 0 Å². The molecule has 2 heterocycles. The third-order valence-corrected chi connectivity index (χ3v) is 6.80. The van der Waals surface area contributed by atoms with Crippen molar-refractivity contribution in [3.63, 3.8) is 0 Å². The van der Waals surface area contributed by atoms with Crippen LogP contribution < -0.4 is 9.47 Å². The molecule has 0 radical (unpaired) electrons. The highest BCUT2D eigenvalue weighted by Crippen LogP contribution is 2.47. The number of Topliss-reactive ketones (excluding diaryl/α,β-unsaturated/α-hetero) is 1. The molecule has 5 rings (SSSR count). The molecule has 0 saturated heterocycles. The first kappa shape index (κ1) is 20.6. The Morgan fingerprint density at radius 2 is 1.53 bits per heavy atom. The maximum absolute atomic E-state index is 13.6. The lowest BCUT2D eigenvalue weighted by Crippen LogP contribution is -2.39. The average Bonchev–Trinajstić information content (AvgIpc) is 3.11. The molecular formula is C26H27NO5. The molecule has 0 spiro atoms. The van der Waals surface area contributed by atoms with Crippen LogP contribution in [0.3, 0.4) is 0 Å². The summed E-state index contributed by atoms with van der Waals surface area (Å²) in [6, 6.07) is 14.7. The van der Waals surface area contributed by atoms with Crippen LogP contribution >= 0.6 is 0 Å². The molecule has 2 aliphatic heterocycles. The van der Waals surface area contributed by atoms with Crippen molar-refractivity contribution < 1.29 is 23.8 Å². The normalized spacial score (nSPS) is 24.7. The fourth-order valence-electron chi connectivity index (χ4n) is 5.12. The first-order valence-corrected chi connectivity index (χ1v) is 11.1. The van der Waals surface area contributed by atoms with E-state index in [0.717, 1.165) is 48.3 Å². The molecule has 1 aliphatic carbocycles. The summed E-state index contributed by atoms with van der Waals surface area (Å²) in [4.78, 5) is 28.9. The molecule has 6 heteroatoms. The Kier molecular flexibility index (Phi) is 5.37. The lowest BCUT2D eigenvalue weighted by Gasteiger charge is -2.35. The van der Waals surface area contributed by atoms with Gasteiger partial charge in [-0.25, -0.2) is 0 Å². The summed E-state index contributed by atoms with van der Waals surface area (Å²) in [6.07, 6.45) is 3.52. The van der Waals surface area contributed by atoms with E-state index in [0.29, 0.717) is 12.1 Å². The second-order valence-corrected chi connectivity index (χ2v) is 8.61. The summed E-state index contributed by atoms with van der Waals surface area (Å²) in [6.45, 7) is 0.374. The largest absolute Gasteiger partial charge is 0.497 e. The quantitative estimate of drug-likeness (QED) is 0.707. The van der Waals surface area contributed by atoms with Crippen LogP contribution in [0.15, 0.2) is 59.9 Å². The van der Waals surface area contributed by atoms with Gasteiger partial charge in [-0.2, -0.15) is 0 Å². The van der Waals surface area contributed by atoms with Crippen LogP contribution in [-0.2, 0) is 20.9 Å². The molecule has 1 saturated carbocycles. The van der Waals surface area contributed by atoms with Gasteiger partial charge in [0.1, 0.15) is 17.6 Å². The summed E-state index contributed by atoms with van der Waals surface area (Å²) in [7, 11) is 3.24. The average molecular weight is 434 g/mol. The number of carbonyl (C=O) groups is 2. The van der Waals surface area contributed by atoms with E-state index in [2.05, 4.69) is 0 Å². The van der Waals surface area contributed by atoms with E-state index >= 15 is 0 Å². The Balaban J connectivity index is 1.54. The molecule has 3 aliphatic rings. The smallest absolute Gasteiger partial charge is 0.290 e. The number of benzene rings is 2. The highest BCUT2D eigenvalue weighted by Gasteiger charge is 2.51. The fourth-order valence-corrected chi connectivity index (χ4v) is 5.12. The fraction of sp³-hybridized carbons (Fsp3) is 0.385. The molecule has 1 amide bonds. The number of rotatable bonds is 5. The number of methoxy groups -OCH3 is 2. The Morgan fingerprint density at radius 1 is 0.906 bits per heavy atom. The number of carbonyl (C=O) groups excluding carboxylic acids is 2. The van der Waals surface area contributed by atoms with Crippen LogP contribution in [0, 0.1) is 5.92 Å². The predicted molar refractivity (Wildman–Crippen MR) is 118 cm³/mol. The lowest BCUT2D eigenvalue weighted by atomic mass is 9.77. The minimum absolute atomic E-state index is 0.0716. The topological polar surface area (TPSA) is 65.1 Å². The van der Waals surface area contributed by atoms with E-state index in [1.807, 2.05) is 48.5 Å². The van der Waals surface area contributed by atoms with E-state index in [1.165, 1.54) is 0 Å². The molecule has 6 nitrogen and oxygen atoms in total. The van der Waals surface area contributed by atoms with E-state index < -0.39 is 6.04 Å². The highest BCUT2D eigenvalue weighted by atomic mass is 16.5. The van der Waals surface area contributed by atoms with Crippen molar-refractivity contribution in [3.05, 3.63) is 71.0 Å². The molecule has 32 heavy (non-hydrogen) atoms. The molecule has 2 aromatic rings. The van der Waals surface area contributed by atoms with Gasteiger partial charge in [0, 0.05) is 6.54 Å². The Hall–Kier alpha value is -3.28. The molecule has 166 valence electrons. The highest BCUT2D eigenvalue weighted by molar-refractivity contribution is 6.11. The molecule has 3 unspecified atom stereocenters. The zero-order valence-electron chi connectivity index (χ0n) is 18.4. The number of fused-ring (bicyclic) bond motifs is 1. The monoisotopic (exact) mass is 433 g/mol. The van der Waals surface area contributed by atoms with Gasteiger partial charge in [0.2, 0.25) is 0 Å². The minimum Gasteiger partial charge on any atom is -0.497 e. The third kappa shape index (κ3) is 3.44. The van der Waals surface area contributed by atoms with Gasteiger partial charge in [0.15, 0.2) is 11.5 Å². The van der Waals surface area contributed by atoms with Crippen molar-refractivity contribution in [1.29, 1.82) is 0 Å². The Labute approximate surface area is 187 Å². The first-order chi connectivity index (χ1) is 15.6. The van der Waals surface area contributed by atoms with Crippen LogP contribution in [0.4, 0.5) is 0 Å². The van der Waals surface area contributed by atoms with Gasteiger partial charge < -0.3 is 19.1 Å². The number of hydrogen-bond donors (Lipinski definition) is 0. The Morgan fingerprint density at radius 3 is 2.19 bits per heavy atom. The molecule has 1 fully saturated rings. The third-order valence-electron chi connectivity index (χ3n) is 6.80. The lowest BCUT2D eigenvalue weighted by molar-refractivity contribution is -0.135. The van der Waals surface area contributed by atoms with Crippen molar-refractivity contribution in [1.82, 2.24) is 4.90 Å². The second kappa shape index (κ2) is 8.34. The van der Waals surface area contributed by atoms with Gasteiger partial charge in [-0.05, 0) is 54.7 Å². The molecule has 2 aromatic carbocycles. The van der Waals surface area contributed by atoms with Crippen LogP contribution in [0.5, 0.6) is 11.5 Å². The number of ether oxygens (including phenoxy) is 3. The first-order valence-electron chi connectivity index (χ1n) is 11.1. The summed E-state index contributed by atoms with van der Waals surface area (Å²) in [5.74, 6) is 1.43. The van der Waals surface area contributed by atoms with E-state index in [1.54, 1.807) is 19.1 Å². The van der Waals surface area contributed by atoms with E-state index in [-0.39, 0.29) is 29.5 Å². The number of nitrogens with zero attached hydrogens (tertiary/aromatic N) is 1. The van der Waals surface area contributed by atoms with E-state index in [9.17, 15) is 9.59 Å². The van der Waals surface area contributed by atoms with Crippen molar-refractivity contribution in [2.45, 2.75) is 44.4 Å². The van der Waals surface area contributed by atoms with Crippen molar-refractivity contribution in [2.75, 3.05) is 14.2 Å². The van der Waals surface area contributed by atoms with Crippen LogP contribution in [-0.4, -0.2) is 36.9 Å². The summed E-state index contributed by atoms with van der Waals surface area (Å²) in [5, 5.41) is 0. The van der Waals surface area contributed by atoms with Crippen LogP contribution in [0.25, 0.3) is 0 Å². The van der Waals surface area contributed by atoms with Crippen molar-refractivity contribution in [3.8, 4) is 11.5 Å². The van der Waals surface area contributed by atoms with Gasteiger partial charge in [0.25, 0.3) is 5.91 Å². The molecule has 0 N–H and O–H groups in total. The van der Waals surface area contributed by atoms with Crippen molar-refractivity contribution >= 4 is 11.7 Å². The predicted octanol–water partition coefficient (Wildman–Crippen LogP) is 4.20. The molecule has 0 aromatic heterocycles. The standard InChI is InChI=1S/C26H27NO5/c1-30-18-11-7-16(8-12-18)15-27-23(17-9-13-19(31-2)14-10-17)22-24(28)20-5-3-4-6-21(20)32-25(22)26(27)29/h7-14,20-21,23H,3-6,15H2,1-2H3. The van der Waals surface area contributed by atoms with Crippen LogP contribution in [0.2, 0.25) is 0 Å². The zero-order valence-corrected chi connectivity index (χ0v) is 18.4. The number of ketones is 1. The summed E-state index contributed by atoms with van der Waals surface area (Å²) < 4.78 is 16.8. The maximum Gasteiger partial charge on any atom is 0.290 e. The molecule has 3 atom stereocenters. The van der Waals surface area contributed by atoms with Gasteiger partial charge in [-0.3, -0.25) is 9.59 Å². The van der Waals surface area contributed by atoms with Gasteiger partial charge >= 0.3 is 0 Å². The molecular weight excluding hydrogens is 406 g/mol. The Bertz CT molecular complexity index is 1060. The zero-order chi connectivity index (χ0) is 22.2. The molecule has 0 bridgehead atoms.